The molecule has 2 aliphatic rings. The monoisotopic (exact) mass is 425 g/mol. The fourth-order valence-electron chi connectivity index (χ4n) is 3.78. The number of anilines is 1. The van der Waals surface area contributed by atoms with Gasteiger partial charge in [-0.05, 0) is 36.8 Å². The van der Waals surface area contributed by atoms with E-state index in [1.165, 1.54) is 0 Å². The second kappa shape index (κ2) is 9.26. The van der Waals surface area contributed by atoms with E-state index in [1.807, 2.05) is 48.2 Å². The van der Waals surface area contributed by atoms with Crippen LogP contribution in [0.4, 0.5) is 5.69 Å². The largest absolute Gasteiger partial charge is 0.495 e. The lowest BCUT2D eigenvalue weighted by Gasteiger charge is -2.36. The summed E-state index contributed by atoms with van der Waals surface area (Å²) in [6.45, 7) is 4.75. The first-order valence-corrected chi connectivity index (χ1v) is 10.4. The van der Waals surface area contributed by atoms with Crippen LogP contribution in [0, 0.1) is 6.92 Å². The molecule has 4 rings (SSSR count). The smallest absolute Gasteiger partial charge is 0.267 e. The Balaban J connectivity index is 1.27. The molecule has 1 fully saturated rings. The molecule has 2 aromatic carbocycles. The van der Waals surface area contributed by atoms with E-state index < -0.39 is 6.10 Å². The molecule has 0 bridgehead atoms. The summed E-state index contributed by atoms with van der Waals surface area (Å²) >= 11 is 0. The van der Waals surface area contributed by atoms with Crippen molar-refractivity contribution in [3.63, 3.8) is 0 Å². The number of rotatable bonds is 5. The summed E-state index contributed by atoms with van der Waals surface area (Å²) in [4.78, 5) is 29.2. The Kier molecular flexibility index (Phi) is 6.27. The van der Waals surface area contributed by atoms with Crippen molar-refractivity contribution < 1.29 is 23.8 Å². The second-order valence-electron chi connectivity index (χ2n) is 7.72. The van der Waals surface area contributed by atoms with Crippen LogP contribution in [0.25, 0.3) is 0 Å². The highest BCUT2D eigenvalue weighted by molar-refractivity contribution is 5.93. The number of piperazine rings is 1. The van der Waals surface area contributed by atoms with E-state index in [2.05, 4.69) is 5.32 Å². The first-order chi connectivity index (χ1) is 15.0. The Bertz CT molecular complexity index is 956. The number of nitrogens with one attached hydrogen (secondary N) is 1. The number of fused-ring (bicyclic) bond motifs is 1. The van der Waals surface area contributed by atoms with Gasteiger partial charge in [0.2, 0.25) is 12.0 Å². The first kappa shape index (κ1) is 21.0. The molecule has 8 heteroatoms. The van der Waals surface area contributed by atoms with E-state index in [0.29, 0.717) is 49.1 Å². The molecule has 0 saturated carbocycles. The zero-order valence-electron chi connectivity index (χ0n) is 17.8. The fraction of sp³-hybridized carbons (Fsp3) is 0.391. The number of hydrogen-bond acceptors (Lipinski definition) is 6. The molecule has 31 heavy (non-hydrogen) atoms. The Morgan fingerprint density at radius 1 is 1.10 bits per heavy atom. The van der Waals surface area contributed by atoms with Gasteiger partial charge in [0.1, 0.15) is 12.4 Å². The van der Waals surface area contributed by atoms with Gasteiger partial charge in [0, 0.05) is 26.2 Å². The molecule has 1 N–H and O–H groups in total. The molecular formula is C23H27N3O5. The zero-order chi connectivity index (χ0) is 21.8. The lowest BCUT2D eigenvalue weighted by atomic mass is 10.2. The van der Waals surface area contributed by atoms with Gasteiger partial charge in [0.15, 0.2) is 11.5 Å². The highest BCUT2D eigenvalue weighted by atomic mass is 16.6. The van der Waals surface area contributed by atoms with Crippen LogP contribution in [-0.2, 0) is 9.59 Å². The number of amides is 2. The van der Waals surface area contributed by atoms with Crippen LogP contribution in [0.1, 0.15) is 5.56 Å². The number of carbonyl (C=O) groups is 2. The van der Waals surface area contributed by atoms with Crippen molar-refractivity contribution in [2.75, 3.05) is 51.8 Å². The Labute approximate surface area is 181 Å². The maximum Gasteiger partial charge on any atom is 0.267 e. The van der Waals surface area contributed by atoms with Gasteiger partial charge in [0.25, 0.3) is 5.91 Å². The number of methoxy groups -OCH3 is 1. The van der Waals surface area contributed by atoms with Gasteiger partial charge < -0.3 is 24.4 Å². The minimum absolute atomic E-state index is 0.0805. The topological polar surface area (TPSA) is 80.3 Å². The maximum atomic E-state index is 12.8. The third-order valence-electron chi connectivity index (χ3n) is 5.46. The highest BCUT2D eigenvalue weighted by Crippen LogP contribution is 2.31. The van der Waals surface area contributed by atoms with E-state index in [1.54, 1.807) is 18.1 Å². The molecular weight excluding hydrogens is 398 g/mol. The molecule has 0 spiro atoms. The van der Waals surface area contributed by atoms with Crippen LogP contribution >= 0.6 is 0 Å². The summed E-state index contributed by atoms with van der Waals surface area (Å²) in [5.41, 5.74) is 1.70. The summed E-state index contributed by atoms with van der Waals surface area (Å²) in [5, 5.41) is 2.92. The number of aryl methyl sites for hydroxylation is 1. The van der Waals surface area contributed by atoms with E-state index in [0.717, 1.165) is 5.56 Å². The molecule has 2 aromatic rings. The molecule has 1 saturated heterocycles. The highest BCUT2D eigenvalue weighted by Gasteiger charge is 2.32. The minimum Gasteiger partial charge on any atom is -0.495 e. The molecule has 0 unspecified atom stereocenters. The number of ether oxygens (including phenoxy) is 3. The van der Waals surface area contributed by atoms with E-state index in [-0.39, 0.29) is 25.0 Å². The van der Waals surface area contributed by atoms with Gasteiger partial charge in [-0.15, -0.1) is 0 Å². The van der Waals surface area contributed by atoms with E-state index >= 15 is 0 Å². The van der Waals surface area contributed by atoms with Gasteiger partial charge in [-0.1, -0.05) is 18.2 Å². The molecule has 2 amide bonds. The van der Waals surface area contributed by atoms with E-state index in [9.17, 15) is 9.59 Å². The van der Waals surface area contributed by atoms with Crippen LogP contribution in [0.2, 0.25) is 0 Å². The summed E-state index contributed by atoms with van der Waals surface area (Å²) in [6, 6.07) is 13.0. The van der Waals surface area contributed by atoms with Crippen LogP contribution in [0.3, 0.4) is 0 Å². The van der Waals surface area contributed by atoms with Crippen molar-refractivity contribution in [2.24, 2.45) is 0 Å². The molecule has 0 radical (unpaired) electrons. The van der Waals surface area contributed by atoms with Crippen molar-refractivity contribution in [2.45, 2.75) is 13.0 Å². The van der Waals surface area contributed by atoms with Crippen LogP contribution in [0.15, 0.2) is 42.5 Å². The first-order valence-electron chi connectivity index (χ1n) is 10.4. The van der Waals surface area contributed by atoms with Crippen molar-refractivity contribution in [3.8, 4) is 17.2 Å². The van der Waals surface area contributed by atoms with Gasteiger partial charge in [0.05, 0.1) is 19.3 Å². The summed E-state index contributed by atoms with van der Waals surface area (Å²) in [5.74, 6) is 1.69. The predicted octanol–water partition coefficient (Wildman–Crippen LogP) is 1.93. The summed E-state index contributed by atoms with van der Waals surface area (Å²) < 4.78 is 16.8. The van der Waals surface area contributed by atoms with Gasteiger partial charge in [-0.25, -0.2) is 0 Å². The average Bonchev–Trinajstić information content (AvgIpc) is 2.79. The molecule has 2 heterocycles. The molecule has 164 valence electrons. The summed E-state index contributed by atoms with van der Waals surface area (Å²) in [6.07, 6.45) is -0.640. The molecule has 8 nitrogen and oxygen atoms in total. The standard InChI is InChI=1S/C23H27N3O5/c1-16-7-8-18(29-2)17(13-16)24-22(27)14-25-9-11-26(12-10-25)23(28)21-15-30-19-5-3-4-6-20(19)31-21/h3-8,13,21H,9-12,14-15H2,1-2H3,(H,24,27)/t21-/m0/s1. The van der Waals surface area contributed by atoms with Crippen molar-refractivity contribution in [1.82, 2.24) is 9.80 Å². The average molecular weight is 425 g/mol. The van der Waals surface area contributed by atoms with Gasteiger partial charge in [-0.2, -0.15) is 0 Å². The second-order valence-corrected chi connectivity index (χ2v) is 7.72. The van der Waals surface area contributed by atoms with Gasteiger partial charge in [-0.3, -0.25) is 14.5 Å². The van der Waals surface area contributed by atoms with E-state index in [4.69, 9.17) is 14.2 Å². The van der Waals surface area contributed by atoms with Crippen LogP contribution in [0.5, 0.6) is 17.2 Å². The third kappa shape index (κ3) is 4.91. The Hall–Kier alpha value is -3.26. The minimum atomic E-state index is -0.640. The number of benzene rings is 2. The normalized spacial score (nSPS) is 18.4. The lowest BCUT2D eigenvalue weighted by molar-refractivity contribution is -0.143. The molecule has 2 aliphatic heterocycles. The number of nitrogens with zero attached hydrogens (tertiary/aromatic N) is 2. The summed E-state index contributed by atoms with van der Waals surface area (Å²) in [7, 11) is 1.58. The number of carbonyl (C=O) groups excluding carboxylic acids is 2. The van der Waals surface area contributed by atoms with Crippen molar-refractivity contribution in [1.29, 1.82) is 0 Å². The fourth-order valence-corrected chi connectivity index (χ4v) is 3.78. The quantitative estimate of drug-likeness (QED) is 0.789. The van der Waals surface area contributed by atoms with Crippen molar-refractivity contribution >= 4 is 17.5 Å². The molecule has 0 aliphatic carbocycles. The number of para-hydroxylation sites is 2. The Morgan fingerprint density at radius 3 is 2.58 bits per heavy atom. The number of hydrogen-bond donors (Lipinski definition) is 1. The third-order valence-corrected chi connectivity index (χ3v) is 5.46. The Morgan fingerprint density at radius 2 is 1.84 bits per heavy atom. The van der Waals surface area contributed by atoms with Gasteiger partial charge >= 0.3 is 0 Å². The maximum absolute atomic E-state index is 12.8. The predicted molar refractivity (Wildman–Crippen MR) is 116 cm³/mol. The lowest BCUT2D eigenvalue weighted by Crippen LogP contribution is -2.54. The van der Waals surface area contributed by atoms with Crippen LogP contribution < -0.4 is 19.5 Å². The zero-order valence-corrected chi connectivity index (χ0v) is 17.8. The molecule has 0 aromatic heterocycles. The van der Waals surface area contributed by atoms with Crippen LogP contribution in [-0.4, -0.2) is 74.2 Å². The van der Waals surface area contributed by atoms with Crippen molar-refractivity contribution in [3.05, 3.63) is 48.0 Å². The molecule has 1 atom stereocenters. The SMILES string of the molecule is COc1ccc(C)cc1NC(=O)CN1CCN(C(=O)[C@@H]2COc3ccccc3O2)CC1.